The second-order valence-corrected chi connectivity index (χ2v) is 5.00. The molecular formula is C16H22FNO3. The summed E-state index contributed by atoms with van der Waals surface area (Å²) in [6, 6.07) is 5.33. The summed E-state index contributed by atoms with van der Waals surface area (Å²) >= 11 is 0. The van der Waals surface area contributed by atoms with E-state index in [2.05, 4.69) is 6.92 Å². The summed E-state index contributed by atoms with van der Waals surface area (Å²) in [6.07, 6.45) is 3.97. The SMILES string of the molecule is CCCCCCN(CCC(=O)O)C(=O)c1ccc(F)cc1. The van der Waals surface area contributed by atoms with Gasteiger partial charge in [-0.25, -0.2) is 4.39 Å². The molecule has 0 aromatic heterocycles. The fraction of sp³-hybridized carbons (Fsp3) is 0.500. The van der Waals surface area contributed by atoms with E-state index in [1.165, 1.54) is 29.2 Å². The Bertz CT molecular complexity index is 459. The number of unbranched alkanes of at least 4 members (excludes halogenated alkanes) is 3. The summed E-state index contributed by atoms with van der Waals surface area (Å²) in [5.41, 5.74) is 0.386. The van der Waals surface area contributed by atoms with Crippen molar-refractivity contribution in [1.29, 1.82) is 0 Å². The molecule has 0 heterocycles. The number of aliphatic carboxylic acids is 1. The summed E-state index contributed by atoms with van der Waals surface area (Å²) in [7, 11) is 0. The van der Waals surface area contributed by atoms with Crippen LogP contribution in [0.3, 0.4) is 0 Å². The number of carboxylic acids is 1. The van der Waals surface area contributed by atoms with Crippen molar-refractivity contribution in [2.24, 2.45) is 0 Å². The fourth-order valence-corrected chi connectivity index (χ4v) is 2.05. The van der Waals surface area contributed by atoms with Crippen molar-refractivity contribution in [2.75, 3.05) is 13.1 Å². The van der Waals surface area contributed by atoms with Gasteiger partial charge in [-0.2, -0.15) is 0 Å². The highest BCUT2D eigenvalue weighted by molar-refractivity contribution is 5.94. The lowest BCUT2D eigenvalue weighted by Gasteiger charge is -2.22. The maximum atomic E-state index is 12.9. The van der Waals surface area contributed by atoms with Gasteiger partial charge in [0, 0.05) is 18.7 Å². The molecule has 0 fully saturated rings. The lowest BCUT2D eigenvalue weighted by atomic mass is 10.1. The zero-order chi connectivity index (χ0) is 15.7. The molecule has 0 aliphatic heterocycles. The van der Waals surface area contributed by atoms with Crippen LogP contribution >= 0.6 is 0 Å². The predicted molar refractivity (Wildman–Crippen MR) is 78.7 cm³/mol. The molecule has 1 N–H and O–H groups in total. The molecule has 1 aromatic carbocycles. The summed E-state index contributed by atoms with van der Waals surface area (Å²) in [5.74, 6) is -1.57. The first kappa shape index (κ1) is 17.1. The number of halogens is 1. The number of amides is 1. The van der Waals surface area contributed by atoms with Gasteiger partial charge < -0.3 is 10.0 Å². The highest BCUT2D eigenvalue weighted by Crippen LogP contribution is 2.10. The van der Waals surface area contributed by atoms with Crippen LogP contribution in [0.5, 0.6) is 0 Å². The molecule has 21 heavy (non-hydrogen) atoms. The Balaban J connectivity index is 2.66. The van der Waals surface area contributed by atoms with E-state index in [1.54, 1.807) is 0 Å². The van der Waals surface area contributed by atoms with Gasteiger partial charge in [0.2, 0.25) is 0 Å². The molecule has 0 atom stereocenters. The van der Waals surface area contributed by atoms with Gasteiger partial charge in [-0.1, -0.05) is 26.2 Å². The van der Waals surface area contributed by atoms with Crippen LogP contribution in [0.15, 0.2) is 24.3 Å². The second kappa shape index (κ2) is 9.10. The standard InChI is InChI=1S/C16H22FNO3/c1-2-3-4-5-11-18(12-10-15(19)20)16(21)13-6-8-14(17)9-7-13/h6-9H,2-5,10-12H2,1H3,(H,19,20). The van der Waals surface area contributed by atoms with Crippen LogP contribution in [0.25, 0.3) is 0 Å². The van der Waals surface area contributed by atoms with Gasteiger partial charge in [0.1, 0.15) is 5.82 Å². The monoisotopic (exact) mass is 295 g/mol. The first-order chi connectivity index (χ1) is 10.0. The molecule has 116 valence electrons. The number of nitrogens with zero attached hydrogens (tertiary/aromatic N) is 1. The quantitative estimate of drug-likeness (QED) is 0.711. The Morgan fingerprint density at radius 3 is 2.33 bits per heavy atom. The van der Waals surface area contributed by atoms with Crippen molar-refractivity contribution in [3.8, 4) is 0 Å². The van der Waals surface area contributed by atoms with Crippen molar-refractivity contribution in [1.82, 2.24) is 4.90 Å². The third-order valence-electron chi connectivity index (χ3n) is 3.26. The second-order valence-electron chi connectivity index (χ2n) is 5.00. The molecule has 0 spiro atoms. The Morgan fingerprint density at radius 1 is 1.10 bits per heavy atom. The minimum absolute atomic E-state index is 0.0826. The third kappa shape index (κ3) is 6.38. The van der Waals surface area contributed by atoms with E-state index in [4.69, 9.17) is 5.11 Å². The zero-order valence-corrected chi connectivity index (χ0v) is 12.3. The molecule has 0 saturated carbocycles. The fourth-order valence-electron chi connectivity index (χ4n) is 2.05. The van der Waals surface area contributed by atoms with Gasteiger partial charge >= 0.3 is 5.97 Å². The zero-order valence-electron chi connectivity index (χ0n) is 12.3. The van der Waals surface area contributed by atoms with Crippen LogP contribution < -0.4 is 0 Å². The number of rotatable bonds is 9. The maximum absolute atomic E-state index is 12.9. The first-order valence-corrected chi connectivity index (χ1v) is 7.31. The molecule has 1 aromatic rings. The van der Waals surface area contributed by atoms with E-state index in [1.807, 2.05) is 0 Å². The van der Waals surface area contributed by atoms with E-state index in [0.29, 0.717) is 12.1 Å². The number of benzene rings is 1. The molecule has 1 amide bonds. The molecule has 0 aliphatic carbocycles. The minimum atomic E-state index is -0.930. The van der Waals surface area contributed by atoms with Crippen LogP contribution in [-0.2, 0) is 4.79 Å². The molecule has 1 rings (SSSR count). The van der Waals surface area contributed by atoms with Crippen molar-refractivity contribution in [2.45, 2.75) is 39.0 Å². The maximum Gasteiger partial charge on any atom is 0.305 e. The number of carbonyl (C=O) groups excluding carboxylic acids is 1. The van der Waals surface area contributed by atoms with Gasteiger partial charge in [-0.05, 0) is 30.7 Å². The van der Waals surface area contributed by atoms with Crippen LogP contribution in [0.1, 0.15) is 49.4 Å². The van der Waals surface area contributed by atoms with Crippen LogP contribution in [0.2, 0.25) is 0 Å². The number of carbonyl (C=O) groups is 2. The van der Waals surface area contributed by atoms with Crippen molar-refractivity contribution >= 4 is 11.9 Å². The van der Waals surface area contributed by atoms with E-state index in [-0.39, 0.29) is 18.9 Å². The number of hydrogen-bond acceptors (Lipinski definition) is 2. The minimum Gasteiger partial charge on any atom is -0.481 e. The normalized spacial score (nSPS) is 10.4. The highest BCUT2D eigenvalue weighted by atomic mass is 19.1. The van der Waals surface area contributed by atoms with Gasteiger partial charge in [0.05, 0.1) is 6.42 Å². The lowest BCUT2D eigenvalue weighted by Crippen LogP contribution is -2.34. The number of hydrogen-bond donors (Lipinski definition) is 1. The summed E-state index contributed by atoms with van der Waals surface area (Å²) < 4.78 is 12.9. The Morgan fingerprint density at radius 2 is 1.76 bits per heavy atom. The van der Waals surface area contributed by atoms with Gasteiger partial charge in [-0.15, -0.1) is 0 Å². The average molecular weight is 295 g/mol. The Hall–Kier alpha value is -1.91. The van der Waals surface area contributed by atoms with Gasteiger partial charge in [0.25, 0.3) is 5.91 Å². The van der Waals surface area contributed by atoms with E-state index < -0.39 is 11.8 Å². The Kier molecular flexibility index (Phi) is 7.43. The molecule has 0 bridgehead atoms. The average Bonchev–Trinajstić information content (AvgIpc) is 2.46. The first-order valence-electron chi connectivity index (χ1n) is 7.31. The smallest absolute Gasteiger partial charge is 0.305 e. The van der Waals surface area contributed by atoms with Gasteiger partial charge in [0.15, 0.2) is 0 Å². The molecule has 5 heteroatoms. The van der Waals surface area contributed by atoms with Crippen LogP contribution in [-0.4, -0.2) is 35.0 Å². The molecule has 0 saturated heterocycles. The lowest BCUT2D eigenvalue weighted by molar-refractivity contribution is -0.137. The number of carboxylic acid groups (broad SMARTS) is 1. The molecule has 0 radical (unpaired) electrons. The highest BCUT2D eigenvalue weighted by Gasteiger charge is 2.16. The summed E-state index contributed by atoms with van der Waals surface area (Å²) in [4.78, 5) is 24.6. The van der Waals surface area contributed by atoms with Crippen LogP contribution in [0.4, 0.5) is 4.39 Å². The molecule has 0 unspecified atom stereocenters. The third-order valence-corrected chi connectivity index (χ3v) is 3.26. The summed E-state index contributed by atoms with van der Waals surface area (Å²) in [5, 5.41) is 8.77. The predicted octanol–water partition coefficient (Wildman–Crippen LogP) is 3.32. The van der Waals surface area contributed by atoms with E-state index in [0.717, 1.165) is 25.7 Å². The van der Waals surface area contributed by atoms with Gasteiger partial charge in [-0.3, -0.25) is 9.59 Å². The summed E-state index contributed by atoms with van der Waals surface area (Å²) in [6.45, 7) is 2.81. The van der Waals surface area contributed by atoms with Crippen molar-refractivity contribution < 1.29 is 19.1 Å². The van der Waals surface area contributed by atoms with Crippen molar-refractivity contribution in [3.05, 3.63) is 35.6 Å². The van der Waals surface area contributed by atoms with E-state index in [9.17, 15) is 14.0 Å². The van der Waals surface area contributed by atoms with Crippen molar-refractivity contribution in [3.63, 3.8) is 0 Å². The molecular weight excluding hydrogens is 273 g/mol. The molecule has 0 aliphatic rings. The van der Waals surface area contributed by atoms with Crippen LogP contribution in [0, 0.1) is 5.82 Å². The van der Waals surface area contributed by atoms with E-state index >= 15 is 0 Å². The molecule has 4 nitrogen and oxygen atoms in total. The Labute approximate surface area is 124 Å². The largest absolute Gasteiger partial charge is 0.481 e. The topological polar surface area (TPSA) is 57.6 Å².